The van der Waals surface area contributed by atoms with Crippen LogP contribution in [0.2, 0.25) is 0 Å². The predicted molar refractivity (Wildman–Crippen MR) is 121 cm³/mol. The lowest BCUT2D eigenvalue weighted by Crippen LogP contribution is -2.60. The zero-order valence-corrected chi connectivity index (χ0v) is 19.6. The molecular weight excluding hydrogens is 427 g/mol. The number of rotatable bonds is 1. The summed E-state index contributed by atoms with van der Waals surface area (Å²) in [6.07, 6.45) is 5.03. The van der Waals surface area contributed by atoms with E-state index in [1.54, 1.807) is 17.0 Å². The molecule has 5 rings (SSSR count). The van der Waals surface area contributed by atoms with Crippen molar-refractivity contribution >= 4 is 17.6 Å². The molecule has 8 heteroatoms. The van der Waals surface area contributed by atoms with Crippen molar-refractivity contribution in [2.75, 3.05) is 19.8 Å². The van der Waals surface area contributed by atoms with Crippen LogP contribution in [0.15, 0.2) is 24.3 Å². The number of benzene rings is 1. The lowest BCUT2D eigenvalue weighted by Gasteiger charge is -2.42. The Morgan fingerprint density at radius 3 is 2.82 bits per heavy atom. The molecular formula is C25H33FN2O5. The van der Waals surface area contributed by atoms with Gasteiger partial charge in [0, 0.05) is 6.54 Å². The second-order valence-corrected chi connectivity index (χ2v) is 9.91. The van der Waals surface area contributed by atoms with E-state index in [9.17, 15) is 14.0 Å². The van der Waals surface area contributed by atoms with Crippen LogP contribution in [-0.2, 0) is 14.3 Å². The molecule has 1 saturated heterocycles. The number of piperidine rings is 1. The highest BCUT2D eigenvalue weighted by Crippen LogP contribution is 2.36. The highest BCUT2D eigenvalue weighted by atomic mass is 19.1. The van der Waals surface area contributed by atoms with E-state index in [2.05, 4.69) is 5.32 Å². The molecule has 1 unspecified atom stereocenters. The van der Waals surface area contributed by atoms with Crippen LogP contribution in [-0.4, -0.2) is 60.4 Å². The number of allylic oxidation sites excluding steroid dienone is 1. The van der Waals surface area contributed by atoms with Gasteiger partial charge in [0.05, 0.1) is 30.4 Å². The van der Waals surface area contributed by atoms with Crippen LogP contribution in [0.25, 0.3) is 5.57 Å². The number of nitrogens with zero attached hydrogens (tertiary/aromatic N) is 1. The summed E-state index contributed by atoms with van der Waals surface area (Å²) >= 11 is 0. The van der Waals surface area contributed by atoms with E-state index < -0.39 is 11.7 Å². The van der Waals surface area contributed by atoms with Gasteiger partial charge in [0.15, 0.2) is 6.61 Å². The zero-order valence-electron chi connectivity index (χ0n) is 19.6. The number of carbonyl (C=O) groups is 2. The van der Waals surface area contributed by atoms with Crippen molar-refractivity contribution in [1.29, 1.82) is 0 Å². The van der Waals surface area contributed by atoms with Gasteiger partial charge in [-0.05, 0) is 70.6 Å². The highest BCUT2D eigenvalue weighted by Gasteiger charge is 2.37. The van der Waals surface area contributed by atoms with Gasteiger partial charge in [-0.3, -0.25) is 4.79 Å². The van der Waals surface area contributed by atoms with Crippen molar-refractivity contribution in [1.82, 2.24) is 10.2 Å². The van der Waals surface area contributed by atoms with Gasteiger partial charge in [-0.1, -0.05) is 12.1 Å². The van der Waals surface area contributed by atoms with Gasteiger partial charge in [-0.25, -0.2) is 9.18 Å². The predicted octanol–water partition coefficient (Wildman–Crippen LogP) is 4.05. The fraction of sp³-hybridized carbons (Fsp3) is 0.600. The summed E-state index contributed by atoms with van der Waals surface area (Å²) in [5.74, 6) is -0.182. The maximum absolute atomic E-state index is 14.7. The number of amides is 2. The Morgan fingerprint density at radius 1 is 1.27 bits per heavy atom. The monoisotopic (exact) mass is 460 g/mol. The third kappa shape index (κ3) is 5.66. The van der Waals surface area contributed by atoms with Crippen LogP contribution < -0.4 is 10.1 Å². The molecule has 1 aromatic carbocycles. The standard InChI is InChI=1S/C25H33FN2O5/c1-25(2,3)33-24(30)27-19-7-5-13-28-20(19)14-31-17-11-9-16(10-12-17)23-18(26)6-4-8-21(23)32-15-22(28)29/h4,6,8-9,17,19-20H,5,7,10-15H2,1-3H3,(H,27,30)/t17?,19-,20-/m0/s1. The lowest BCUT2D eigenvalue weighted by atomic mass is 9.91. The molecule has 0 saturated carbocycles. The Kier molecular flexibility index (Phi) is 6.93. The van der Waals surface area contributed by atoms with Crippen molar-refractivity contribution in [3.05, 3.63) is 35.7 Å². The van der Waals surface area contributed by atoms with E-state index >= 15 is 0 Å². The molecule has 3 aliphatic heterocycles. The first-order valence-corrected chi connectivity index (χ1v) is 11.7. The van der Waals surface area contributed by atoms with Gasteiger partial charge in [0.2, 0.25) is 0 Å². The smallest absolute Gasteiger partial charge is 0.407 e. The first kappa shape index (κ1) is 23.5. The lowest BCUT2D eigenvalue weighted by molar-refractivity contribution is -0.140. The largest absolute Gasteiger partial charge is 0.483 e. The second-order valence-electron chi connectivity index (χ2n) is 9.91. The summed E-state index contributed by atoms with van der Waals surface area (Å²) in [5, 5.41) is 2.95. The average molecular weight is 461 g/mol. The number of carbonyl (C=O) groups excluding carboxylic acids is 2. The topological polar surface area (TPSA) is 77.1 Å². The summed E-state index contributed by atoms with van der Waals surface area (Å²) < 4.78 is 32.2. The molecule has 180 valence electrons. The highest BCUT2D eigenvalue weighted by molar-refractivity contribution is 5.79. The molecule has 33 heavy (non-hydrogen) atoms. The average Bonchev–Trinajstić information content (AvgIpc) is 2.76. The van der Waals surface area contributed by atoms with E-state index in [1.807, 2.05) is 26.8 Å². The van der Waals surface area contributed by atoms with Crippen LogP contribution in [0.5, 0.6) is 5.75 Å². The molecule has 3 atom stereocenters. The summed E-state index contributed by atoms with van der Waals surface area (Å²) in [6.45, 7) is 6.09. The summed E-state index contributed by atoms with van der Waals surface area (Å²) in [7, 11) is 0. The maximum Gasteiger partial charge on any atom is 0.407 e. The van der Waals surface area contributed by atoms with Crippen LogP contribution in [0.4, 0.5) is 9.18 Å². The minimum Gasteiger partial charge on any atom is -0.483 e. The Labute approximate surface area is 194 Å². The van der Waals surface area contributed by atoms with Crippen molar-refractivity contribution < 1.29 is 28.2 Å². The molecule has 1 N–H and O–H groups in total. The second kappa shape index (κ2) is 9.71. The first-order valence-electron chi connectivity index (χ1n) is 11.7. The number of hydrogen-bond donors (Lipinski definition) is 1. The summed E-state index contributed by atoms with van der Waals surface area (Å²) in [5.41, 5.74) is 0.706. The molecule has 3 heterocycles. The Balaban J connectivity index is 1.58. The van der Waals surface area contributed by atoms with Gasteiger partial charge < -0.3 is 24.4 Å². The molecule has 2 amide bonds. The fourth-order valence-electron chi connectivity index (χ4n) is 4.78. The molecule has 1 aliphatic carbocycles. The first-order chi connectivity index (χ1) is 15.7. The quantitative estimate of drug-likeness (QED) is 0.684. The Morgan fingerprint density at radius 2 is 2.09 bits per heavy atom. The van der Waals surface area contributed by atoms with Gasteiger partial charge in [-0.2, -0.15) is 0 Å². The minimum absolute atomic E-state index is 0.0216. The summed E-state index contributed by atoms with van der Waals surface area (Å²) in [4.78, 5) is 27.4. The van der Waals surface area contributed by atoms with Crippen LogP contribution in [0, 0.1) is 5.82 Å². The molecule has 0 radical (unpaired) electrons. The van der Waals surface area contributed by atoms with Gasteiger partial charge in [0.25, 0.3) is 5.91 Å². The van der Waals surface area contributed by atoms with Crippen molar-refractivity contribution in [3.8, 4) is 5.75 Å². The minimum atomic E-state index is -0.613. The van der Waals surface area contributed by atoms with Crippen LogP contribution in [0.1, 0.15) is 58.4 Å². The van der Waals surface area contributed by atoms with Crippen molar-refractivity contribution in [3.63, 3.8) is 0 Å². The molecule has 0 aromatic heterocycles. The van der Waals surface area contributed by atoms with Crippen molar-refractivity contribution in [2.45, 2.75) is 76.7 Å². The molecule has 1 fully saturated rings. The third-order valence-electron chi connectivity index (χ3n) is 6.31. The normalized spacial score (nSPS) is 25.9. The van der Waals surface area contributed by atoms with Crippen LogP contribution in [0.3, 0.4) is 0 Å². The number of halogens is 1. The zero-order chi connectivity index (χ0) is 23.6. The number of hydrogen-bond acceptors (Lipinski definition) is 5. The Hall–Kier alpha value is -2.61. The number of nitrogens with one attached hydrogen (secondary N) is 1. The van der Waals surface area contributed by atoms with E-state index in [0.717, 1.165) is 24.8 Å². The van der Waals surface area contributed by atoms with Crippen molar-refractivity contribution in [2.24, 2.45) is 0 Å². The van der Waals surface area contributed by atoms with E-state index in [1.165, 1.54) is 6.07 Å². The Bertz CT molecular complexity index is 926. The molecule has 4 aliphatic rings. The van der Waals surface area contributed by atoms with E-state index in [4.69, 9.17) is 14.2 Å². The van der Waals surface area contributed by atoms with E-state index in [0.29, 0.717) is 37.3 Å². The summed E-state index contributed by atoms with van der Waals surface area (Å²) in [6, 6.07) is 4.09. The number of alkyl carbamates (subject to hydrolysis) is 1. The van der Waals surface area contributed by atoms with E-state index in [-0.39, 0.29) is 36.5 Å². The fourth-order valence-corrected chi connectivity index (χ4v) is 4.78. The number of ether oxygens (including phenoxy) is 3. The van der Waals surface area contributed by atoms with Gasteiger partial charge in [0.1, 0.15) is 17.2 Å². The van der Waals surface area contributed by atoms with Gasteiger partial charge >= 0.3 is 6.09 Å². The molecule has 7 nitrogen and oxygen atoms in total. The van der Waals surface area contributed by atoms with Crippen LogP contribution >= 0.6 is 0 Å². The number of fused-ring (bicyclic) bond motifs is 5. The third-order valence-corrected chi connectivity index (χ3v) is 6.31. The van der Waals surface area contributed by atoms with Gasteiger partial charge in [-0.15, -0.1) is 0 Å². The molecule has 0 spiro atoms. The molecule has 1 aromatic rings. The molecule has 2 bridgehead atoms. The maximum atomic E-state index is 14.7. The SMILES string of the molecule is CC(C)(C)OC(=O)N[C@H]1CCCN2C(=O)COc3cccc(F)c3C3=CCC(CC3)OC[C@@H]12.